The van der Waals surface area contributed by atoms with Crippen LogP contribution in [0.3, 0.4) is 0 Å². The molecule has 1 rings (SSSR count). The Kier molecular flexibility index (Phi) is 5.94. The highest BCUT2D eigenvalue weighted by molar-refractivity contribution is 9.09. The number of phenols is 1. The van der Waals surface area contributed by atoms with E-state index in [9.17, 15) is 9.90 Å². The van der Waals surface area contributed by atoms with Crippen LogP contribution in [0.25, 0.3) is 0 Å². The molecule has 1 amide bonds. The highest BCUT2D eigenvalue weighted by Gasteiger charge is 2.14. The maximum Gasteiger partial charge on any atom is 0.251 e. The highest BCUT2D eigenvalue weighted by Crippen LogP contribution is 2.26. The maximum atomic E-state index is 11.9. The number of alkyl halides is 1. The smallest absolute Gasteiger partial charge is 0.251 e. The van der Waals surface area contributed by atoms with Crippen molar-refractivity contribution < 1.29 is 19.4 Å². The molecule has 0 aliphatic heterocycles. The van der Waals surface area contributed by atoms with Gasteiger partial charge in [-0.25, -0.2) is 0 Å². The van der Waals surface area contributed by atoms with E-state index in [0.29, 0.717) is 23.2 Å². The average molecular weight is 318 g/mol. The Morgan fingerprint density at radius 2 is 2.22 bits per heavy atom. The van der Waals surface area contributed by atoms with Crippen molar-refractivity contribution in [3.63, 3.8) is 0 Å². The molecular formula is C12H16BrNO4. The van der Waals surface area contributed by atoms with Crippen molar-refractivity contribution in [2.75, 3.05) is 26.2 Å². The van der Waals surface area contributed by atoms with Crippen LogP contribution in [0.5, 0.6) is 11.5 Å². The Hall–Kier alpha value is -1.27. The van der Waals surface area contributed by atoms with Gasteiger partial charge in [-0.05, 0) is 18.2 Å². The molecule has 0 spiro atoms. The van der Waals surface area contributed by atoms with E-state index >= 15 is 0 Å². The van der Waals surface area contributed by atoms with E-state index in [4.69, 9.17) is 9.47 Å². The predicted molar refractivity (Wildman–Crippen MR) is 71.6 cm³/mol. The number of carbonyl (C=O) groups excluding carboxylic acids is 1. The molecule has 0 radical (unpaired) electrons. The van der Waals surface area contributed by atoms with Gasteiger partial charge in [0.25, 0.3) is 5.91 Å². The third-order valence-corrected chi connectivity index (χ3v) is 3.11. The number of rotatable bonds is 6. The lowest BCUT2D eigenvalue weighted by atomic mass is 10.2. The molecule has 0 bridgehead atoms. The van der Waals surface area contributed by atoms with Crippen LogP contribution in [0, 0.1) is 0 Å². The van der Waals surface area contributed by atoms with E-state index in [1.807, 2.05) is 0 Å². The first kappa shape index (κ1) is 14.8. The summed E-state index contributed by atoms with van der Waals surface area (Å²) in [6.07, 6.45) is 0. The molecule has 0 aliphatic carbocycles. The van der Waals surface area contributed by atoms with Crippen LogP contribution in [0.15, 0.2) is 18.2 Å². The van der Waals surface area contributed by atoms with Crippen LogP contribution in [0.2, 0.25) is 0 Å². The van der Waals surface area contributed by atoms with Gasteiger partial charge in [-0.15, -0.1) is 0 Å². The summed E-state index contributed by atoms with van der Waals surface area (Å²) in [5.74, 6) is 0.00206. The molecule has 1 aromatic rings. The molecule has 0 saturated heterocycles. The second-order valence-electron chi connectivity index (χ2n) is 3.67. The molecule has 2 N–H and O–H groups in total. The van der Waals surface area contributed by atoms with Gasteiger partial charge in [0.15, 0.2) is 11.5 Å². The molecule has 0 fully saturated rings. The molecule has 0 saturated carbocycles. The Labute approximate surface area is 114 Å². The highest BCUT2D eigenvalue weighted by atomic mass is 79.9. The third-order valence-electron chi connectivity index (χ3n) is 2.33. The molecule has 0 aliphatic rings. The molecular weight excluding hydrogens is 302 g/mol. The van der Waals surface area contributed by atoms with Crippen LogP contribution in [-0.2, 0) is 4.74 Å². The lowest BCUT2D eigenvalue weighted by Crippen LogP contribution is -2.39. The first-order chi connectivity index (χ1) is 8.62. The first-order valence-electron chi connectivity index (χ1n) is 5.35. The lowest BCUT2D eigenvalue weighted by molar-refractivity contribution is 0.0907. The summed E-state index contributed by atoms with van der Waals surface area (Å²) < 4.78 is 9.89. The monoisotopic (exact) mass is 317 g/mol. The number of nitrogens with one attached hydrogen (secondary N) is 1. The topological polar surface area (TPSA) is 67.8 Å². The summed E-state index contributed by atoms with van der Waals surface area (Å²) in [6, 6.07) is 4.38. The van der Waals surface area contributed by atoms with Gasteiger partial charge in [0, 0.05) is 18.0 Å². The van der Waals surface area contributed by atoms with Crippen molar-refractivity contribution in [2.45, 2.75) is 6.04 Å². The van der Waals surface area contributed by atoms with E-state index in [0.717, 1.165) is 0 Å². The molecule has 0 aromatic heterocycles. The number of halogens is 1. The van der Waals surface area contributed by atoms with Crippen molar-refractivity contribution >= 4 is 21.8 Å². The minimum absolute atomic E-state index is 0.0627. The second kappa shape index (κ2) is 7.23. The van der Waals surface area contributed by atoms with Crippen molar-refractivity contribution in [1.29, 1.82) is 0 Å². The second-order valence-corrected chi connectivity index (χ2v) is 4.31. The first-order valence-corrected chi connectivity index (χ1v) is 6.47. The molecule has 0 heterocycles. The van der Waals surface area contributed by atoms with Gasteiger partial charge in [-0.3, -0.25) is 4.79 Å². The van der Waals surface area contributed by atoms with Gasteiger partial charge in [0.1, 0.15) is 0 Å². The SMILES string of the molecule is COCC(CBr)NC(=O)c1ccc(OC)c(O)c1. The van der Waals surface area contributed by atoms with Crippen LogP contribution in [0.4, 0.5) is 0 Å². The zero-order valence-corrected chi connectivity index (χ0v) is 11.9. The number of carbonyl (C=O) groups is 1. The minimum atomic E-state index is -0.269. The molecule has 1 unspecified atom stereocenters. The zero-order chi connectivity index (χ0) is 13.5. The lowest BCUT2D eigenvalue weighted by Gasteiger charge is -2.15. The van der Waals surface area contributed by atoms with Crippen molar-refractivity contribution in [2.24, 2.45) is 0 Å². The number of methoxy groups -OCH3 is 2. The van der Waals surface area contributed by atoms with Crippen LogP contribution in [-0.4, -0.2) is 43.2 Å². The summed E-state index contributed by atoms with van der Waals surface area (Å²) in [6.45, 7) is 0.416. The van der Waals surface area contributed by atoms with Crippen molar-refractivity contribution in [3.8, 4) is 11.5 Å². The Balaban J connectivity index is 2.74. The maximum absolute atomic E-state index is 11.9. The fourth-order valence-electron chi connectivity index (χ4n) is 1.43. The number of phenolic OH excluding ortho intramolecular Hbond substituents is 1. The predicted octanol–water partition coefficient (Wildman–Crippen LogP) is 1.54. The van der Waals surface area contributed by atoms with E-state index in [1.54, 1.807) is 19.2 Å². The van der Waals surface area contributed by atoms with E-state index < -0.39 is 0 Å². The van der Waals surface area contributed by atoms with Gasteiger partial charge >= 0.3 is 0 Å². The normalized spacial score (nSPS) is 11.9. The molecule has 100 valence electrons. The number of amides is 1. The molecule has 1 aromatic carbocycles. The molecule has 5 nitrogen and oxygen atoms in total. The summed E-state index contributed by atoms with van der Waals surface area (Å²) in [5, 5.41) is 13.0. The number of ether oxygens (including phenoxy) is 2. The summed E-state index contributed by atoms with van der Waals surface area (Å²) in [7, 11) is 3.02. The standard InChI is InChI=1S/C12H16BrNO4/c1-17-7-9(6-13)14-12(16)8-3-4-11(18-2)10(15)5-8/h3-5,9,15H,6-7H2,1-2H3,(H,14,16). The van der Waals surface area contributed by atoms with E-state index in [2.05, 4.69) is 21.2 Å². The molecule has 18 heavy (non-hydrogen) atoms. The minimum Gasteiger partial charge on any atom is -0.504 e. The van der Waals surface area contributed by atoms with Gasteiger partial charge in [0.05, 0.1) is 19.8 Å². The Bertz CT molecular complexity index is 411. The largest absolute Gasteiger partial charge is 0.504 e. The number of hydrogen-bond acceptors (Lipinski definition) is 4. The van der Waals surface area contributed by atoms with Gasteiger partial charge in [-0.2, -0.15) is 0 Å². The quantitative estimate of drug-likeness (QED) is 0.781. The van der Waals surface area contributed by atoms with Crippen molar-refractivity contribution in [1.82, 2.24) is 5.32 Å². The van der Waals surface area contributed by atoms with Crippen LogP contribution < -0.4 is 10.1 Å². The molecule has 1 atom stereocenters. The third kappa shape index (κ3) is 3.89. The fourth-order valence-corrected chi connectivity index (χ4v) is 1.77. The van der Waals surface area contributed by atoms with Gasteiger partial charge < -0.3 is 19.9 Å². The fraction of sp³-hybridized carbons (Fsp3) is 0.417. The van der Waals surface area contributed by atoms with Crippen LogP contribution >= 0.6 is 15.9 Å². The van der Waals surface area contributed by atoms with Gasteiger partial charge in [0.2, 0.25) is 0 Å². The summed E-state index contributed by atoms with van der Waals surface area (Å²) in [4.78, 5) is 11.9. The summed E-state index contributed by atoms with van der Waals surface area (Å²) in [5.41, 5.74) is 0.371. The molecule has 6 heteroatoms. The van der Waals surface area contributed by atoms with E-state index in [1.165, 1.54) is 13.2 Å². The van der Waals surface area contributed by atoms with Crippen LogP contribution in [0.1, 0.15) is 10.4 Å². The Morgan fingerprint density at radius 1 is 1.50 bits per heavy atom. The zero-order valence-electron chi connectivity index (χ0n) is 10.3. The van der Waals surface area contributed by atoms with Crippen molar-refractivity contribution in [3.05, 3.63) is 23.8 Å². The summed E-state index contributed by atoms with van der Waals surface area (Å²) >= 11 is 3.29. The number of hydrogen-bond donors (Lipinski definition) is 2. The number of aromatic hydroxyl groups is 1. The van der Waals surface area contributed by atoms with E-state index in [-0.39, 0.29) is 17.7 Å². The van der Waals surface area contributed by atoms with Gasteiger partial charge in [-0.1, -0.05) is 15.9 Å². The average Bonchev–Trinajstić information content (AvgIpc) is 2.37. The number of benzene rings is 1. The Morgan fingerprint density at radius 3 is 2.72 bits per heavy atom.